The lowest BCUT2D eigenvalue weighted by atomic mass is 9.97. The number of carbonyl (C=O) groups excluding carboxylic acids is 2. The van der Waals surface area contributed by atoms with Crippen LogP contribution in [-0.4, -0.2) is 62.1 Å². The molecule has 10 nitrogen and oxygen atoms in total. The van der Waals surface area contributed by atoms with Gasteiger partial charge in [-0.25, -0.2) is 9.59 Å². The number of likely N-dealkylation sites (tertiary alicyclic amines) is 1. The van der Waals surface area contributed by atoms with Gasteiger partial charge in [-0.1, -0.05) is 66.7 Å². The van der Waals surface area contributed by atoms with Crippen LogP contribution in [0, 0.1) is 0 Å². The molecule has 1 aliphatic heterocycles. The fourth-order valence-electron chi connectivity index (χ4n) is 5.56. The average molecular weight is 570 g/mol. The Morgan fingerprint density at radius 1 is 0.929 bits per heavy atom. The minimum Gasteiger partial charge on any atom is -0.465 e. The van der Waals surface area contributed by atoms with E-state index in [-0.39, 0.29) is 24.1 Å². The summed E-state index contributed by atoms with van der Waals surface area (Å²) in [5.41, 5.74) is 2.97. The molecule has 0 bridgehead atoms. The first kappa shape index (κ1) is 28.7. The van der Waals surface area contributed by atoms with Gasteiger partial charge in [0.25, 0.3) is 0 Å². The van der Waals surface area contributed by atoms with Gasteiger partial charge in [0, 0.05) is 25.6 Å². The molecule has 2 heterocycles. The van der Waals surface area contributed by atoms with Crippen LogP contribution in [0.3, 0.4) is 0 Å². The van der Waals surface area contributed by atoms with Crippen molar-refractivity contribution in [2.75, 3.05) is 13.1 Å². The molecule has 1 aromatic heterocycles. The molecule has 0 radical (unpaired) electrons. The van der Waals surface area contributed by atoms with Gasteiger partial charge in [0.2, 0.25) is 11.8 Å². The summed E-state index contributed by atoms with van der Waals surface area (Å²) in [6, 6.07) is 24.4. The van der Waals surface area contributed by atoms with Crippen LogP contribution in [0.5, 0.6) is 0 Å². The second-order valence-electron chi connectivity index (χ2n) is 11.2. The molecule has 5 rings (SSSR count). The number of aromatic amines is 1. The number of fused-ring (bicyclic) bond motifs is 1. The number of rotatable bonds is 8. The quantitative estimate of drug-likeness (QED) is 0.255. The molecule has 1 saturated heterocycles. The molecule has 1 atom stereocenters. The van der Waals surface area contributed by atoms with Crippen molar-refractivity contribution >= 4 is 28.9 Å². The van der Waals surface area contributed by atoms with Gasteiger partial charge < -0.3 is 25.6 Å². The van der Waals surface area contributed by atoms with E-state index in [1.165, 1.54) is 13.8 Å². The molecule has 0 saturated carbocycles. The van der Waals surface area contributed by atoms with E-state index in [0.29, 0.717) is 25.9 Å². The van der Waals surface area contributed by atoms with Crippen LogP contribution >= 0.6 is 0 Å². The number of nitrogens with zero attached hydrogens (tertiary/aromatic N) is 2. The van der Waals surface area contributed by atoms with Gasteiger partial charge >= 0.3 is 11.8 Å². The van der Waals surface area contributed by atoms with E-state index in [1.807, 2.05) is 78.9 Å². The van der Waals surface area contributed by atoms with Crippen LogP contribution in [-0.2, 0) is 16.0 Å². The van der Waals surface area contributed by atoms with Gasteiger partial charge in [-0.2, -0.15) is 0 Å². The number of para-hydroxylation sites is 2. The van der Waals surface area contributed by atoms with Crippen LogP contribution in [0.1, 0.15) is 38.3 Å². The number of carboxylic acid groups (broad SMARTS) is 1. The van der Waals surface area contributed by atoms with Crippen molar-refractivity contribution in [3.05, 3.63) is 94.9 Å². The van der Waals surface area contributed by atoms with Crippen molar-refractivity contribution in [3.8, 4) is 11.1 Å². The molecule has 0 unspecified atom stereocenters. The second-order valence-corrected chi connectivity index (χ2v) is 11.2. The number of carbonyl (C=O) groups is 3. The predicted molar refractivity (Wildman–Crippen MR) is 160 cm³/mol. The third kappa shape index (κ3) is 6.22. The summed E-state index contributed by atoms with van der Waals surface area (Å²) in [4.78, 5) is 55.6. The number of nitrogens with one attached hydrogen (secondary N) is 3. The molecule has 4 N–H and O–H groups in total. The van der Waals surface area contributed by atoms with Gasteiger partial charge in [0.05, 0.1) is 11.0 Å². The topological polar surface area (TPSA) is 137 Å². The third-order valence-corrected chi connectivity index (χ3v) is 7.86. The normalized spacial score (nSPS) is 14.9. The number of imidazole rings is 1. The minimum absolute atomic E-state index is 0.0602. The molecular formula is C32H35N5O5. The van der Waals surface area contributed by atoms with E-state index in [0.717, 1.165) is 27.7 Å². The summed E-state index contributed by atoms with van der Waals surface area (Å²) >= 11 is 0. The van der Waals surface area contributed by atoms with E-state index >= 15 is 0 Å². The van der Waals surface area contributed by atoms with E-state index in [2.05, 4.69) is 15.6 Å². The molecule has 3 aromatic carbocycles. The zero-order chi connectivity index (χ0) is 29.9. The Hall–Kier alpha value is -4.86. The molecule has 10 heteroatoms. The summed E-state index contributed by atoms with van der Waals surface area (Å²) in [5.74, 6) is -0.837. The molecule has 42 heavy (non-hydrogen) atoms. The van der Waals surface area contributed by atoms with Crippen molar-refractivity contribution in [1.82, 2.24) is 25.1 Å². The molecule has 1 fully saturated rings. The van der Waals surface area contributed by atoms with Crippen LogP contribution in [0.4, 0.5) is 4.79 Å². The summed E-state index contributed by atoms with van der Waals surface area (Å²) in [5, 5.41) is 14.2. The Bertz CT molecular complexity index is 1630. The third-order valence-electron chi connectivity index (χ3n) is 7.86. The zero-order valence-electron chi connectivity index (χ0n) is 23.7. The van der Waals surface area contributed by atoms with Crippen LogP contribution in [0.15, 0.2) is 83.7 Å². The highest BCUT2D eigenvalue weighted by Crippen LogP contribution is 2.26. The monoisotopic (exact) mass is 569 g/mol. The highest BCUT2D eigenvalue weighted by atomic mass is 16.4. The van der Waals surface area contributed by atoms with E-state index < -0.39 is 23.6 Å². The predicted octanol–water partition coefficient (Wildman–Crippen LogP) is 3.93. The number of benzene rings is 3. The Labute approximate surface area is 243 Å². The van der Waals surface area contributed by atoms with E-state index in [4.69, 9.17) is 0 Å². The van der Waals surface area contributed by atoms with Gasteiger partial charge in [-0.05, 0) is 55.5 Å². The van der Waals surface area contributed by atoms with Crippen molar-refractivity contribution in [1.29, 1.82) is 0 Å². The second kappa shape index (κ2) is 11.9. The van der Waals surface area contributed by atoms with Crippen molar-refractivity contribution in [2.45, 2.75) is 50.7 Å². The fourth-order valence-corrected chi connectivity index (χ4v) is 5.56. The zero-order valence-corrected chi connectivity index (χ0v) is 23.7. The van der Waals surface area contributed by atoms with E-state index in [1.54, 1.807) is 9.47 Å². The number of aromatic nitrogens is 2. The number of H-pyrrole nitrogens is 1. The van der Waals surface area contributed by atoms with Gasteiger partial charge in [0.1, 0.15) is 11.6 Å². The van der Waals surface area contributed by atoms with Gasteiger partial charge in [0.15, 0.2) is 0 Å². The van der Waals surface area contributed by atoms with Gasteiger partial charge in [-0.15, -0.1) is 0 Å². The lowest BCUT2D eigenvalue weighted by molar-refractivity contribution is -0.138. The summed E-state index contributed by atoms with van der Waals surface area (Å²) in [6.07, 6.45) is 0.0898. The first-order valence-corrected chi connectivity index (χ1v) is 14.1. The molecule has 218 valence electrons. The molecule has 1 aliphatic rings. The summed E-state index contributed by atoms with van der Waals surface area (Å²) in [7, 11) is 0. The number of amides is 3. The number of hydrogen-bond donors (Lipinski definition) is 4. The smallest absolute Gasteiger partial charge is 0.405 e. The number of hydrogen-bond acceptors (Lipinski definition) is 4. The molecular weight excluding hydrogens is 534 g/mol. The Morgan fingerprint density at radius 3 is 2.21 bits per heavy atom. The first-order valence-electron chi connectivity index (χ1n) is 14.1. The van der Waals surface area contributed by atoms with Crippen molar-refractivity contribution < 1.29 is 19.5 Å². The van der Waals surface area contributed by atoms with Crippen LogP contribution in [0.2, 0.25) is 0 Å². The Kier molecular flexibility index (Phi) is 8.15. The van der Waals surface area contributed by atoms with Crippen LogP contribution < -0.4 is 16.3 Å². The molecule has 0 spiro atoms. The standard InChI is InChI=1S/C32H35N5O5/c1-32(2,35-31(41)42)29(39)33-26(20-21-12-14-23(15-13-21)22-8-4-3-5-9-22)28(38)36-18-16-24(17-19-36)37-27-11-7-6-10-25(27)34-30(37)40/h3-15,24,26,35H,16-20H2,1-2H3,(H,33,39)(H,34,40)(H,41,42)/t26-/m1/s1. The maximum absolute atomic E-state index is 13.8. The van der Waals surface area contributed by atoms with E-state index in [9.17, 15) is 24.3 Å². The van der Waals surface area contributed by atoms with Gasteiger partial charge in [-0.3, -0.25) is 14.2 Å². The van der Waals surface area contributed by atoms with Crippen molar-refractivity contribution in [3.63, 3.8) is 0 Å². The highest BCUT2D eigenvalue weighted by Gasteiger charge is 2.35. The lowest BCUT2D eigenvalue weighted by Gasteiger charge is -2.35. The molecule has 0 aliphatic carbocycles. The Balaban J connectivity index is 1.33. The molecule has 3 amide bonds. The number of piperidine rings is 1. The lowest BCUT2D eigenvalue weighted by Crippen LogP contribution is -2.60. The molecule has 4 aromatic rings. The SMILES string of the molecule is CC(C)(NC(=O)O)C(=O)N[C@H](Cc1ccc(-c2ccccc2)cc1)C(=O)N1CCC(n2c(=O)[nH]c3ccccc32)CC1. The minimum atomic E-state index is -1.44. The maximum atomic E-state index is 13.8. The summed E-state index contributed by atoms with van der Waals surface area (Å²) in [6.45, 7) is 3.76. The largest absolute Gasteiger partial charge is 0.465 e. The highest BCUT2D eigenvalue weighted by molar-refractivity contribution is 5.93. The fraction of sp³-hybridized carbons (Fsp3) is 0.312. The van der Waals surface area contributed by atoms with Crippen molar-refractivity contribution in [2.24, 2.45) is 0 Å². The average Bonchev–Trinajstić information content (AvgIpc) is 3.32. The summed E-state index contributed by atoms with van der Waals surface area (Å²) < 4.78 is 1.77. The first-order chi connectivity index (χ1) is 20.1. The Morgan fingerprint density at radius 2 is 1.55 bits per heavy atom. The maximum Gasteiger partial charge on any atom is 0.405 e. The van der Waals surface area contributed by atoms with Crippen LogP contribution in [0.25, 0.3) is 22.2 Å².